The van der Waals surface area contributed by atoms with Crippen LogP contribution in [0, 0.1) is 5.82 Å². The van der Waals surface area contributed by atoms with Crippen LogP contribution in [0.2, 0.25) is 0 Å². The lowest BCUT2D eigenvalue weighted by atomic mass is 10.1. The summed E-state index contributed by atoms with van der Waals surface area (Å²) in [6.45, 7) is 3.83. The quantitative estimate of drug-likeness (QED) is 0.913. The standard InChI is InChI=1S/C15H17FN2O2/c1-3-12-10(9-15(19)20)13(4-2)18(17-12)14-8-6-5-7-11(14)16/h5-8H,3-4,9H2,1-2H3,(H,19,20). The van der Waals surface area contributed by atoms with Gasteiger partial charge in [-0.25, -0.2) is 9.07 Å². The van der Waals surface area contributed by atoms with E-state index in [0.29, 0.717) is 29.8 Å². The van der Waals surface area contributed by atoms with Gasteiger partial charge in [0.1, 0.15) is 11.5 Å². The molecule has 0 aliphatic carbocycles. The highest BCUT2D eigenvalue weighted by Gasteiger charge is 2.19. The third-order valence-corrected chi connectivity index (χ3v) is 3.25. The van der Waals surface area contributed by atoms with E-state index in [2.05, 4.69) is 5.10 Å². The maximum atomic E-state index is 13.9. The lowest BCUT2D eigenvalue weighted by Crippen LogP contribution is -2.07. The monoisotopic (exact) mass is 276 g/mol. The van der Waals surface area contributed by atoms with Crippen LogP contribution in [0.4, 0.5) is 4.39 Å². The Labute approximate surface area is 116 Å². The van der Waals surface area contributed by atoms with Crippen LogP contribution >= 0.6 is 0 Å². The van der Waals surface area contributed by atoms with Crippen molar-refractivity contribution >= 4 is 5.97 Å². The maximum Gasteiger partial charge on any atom is 0.307 e. The van der Waals surface area contributed by atoms with E-state index in [-0.39, 0.29) is 12.2 Å². The molecule has 106 valence electrons. The lowest BCUT2D eigenvalue weighted by molar-refractivity contribution is -0.136. The van der Waals surface area contributed by atoms with E-state index in [9.17, 15) is 9.18 Å². The van der Waals surface area contributed by atoms with Gasteiger partial charge in [-0.2, -0.15) is 5.10 Å². The van der Waals surface area contributed by atoms with E-state index in [1.807, 2.05) is 13.8 Å². The van der Waals surface area contributed by atoms with Gasteiger partial charge in [0, 0.05) is 11.3 Å². The van der Waals surface area contributed by atoms with Crippen LogP contribution in [0.15, 0.2) is 24.3 Å². The van der Waals surface area contributed by atoms with Crippen molar-refractivity contribution in [2.75, 3.05) is 0 Å². The summed E-state index contributed by atoms with van der Waals surface area (Å²) in [5.74, 6) is -1.27. The normalized spacial score (nSPS) is 10.8. The van der Waals surface area contributed by atoms with Crippen LogP contribution in [-0.4, -0.2) is 20.9 Å². The average Bonchev–Trinajstić information content (AvgIpc) is 2.76. The van der Waals surface area contributed by atoms with E-state index in [1.54, 1.807) is 18.2 Å². The van der Waals surface area contributed by atoms with Crippen molar-refractivity contribution in [1.29, 1.82) is 0 Å². The molecule has 0 aliphatic heterocycles. The lowest BCUT2D eigenvalue weighted by Gasteiger charge is -2.08. The minimum absolute atomic E-state index is 0.0825. The molecule has 0 saturated heterocycles. The number of rotatable bonds is 5. The number of halogens is 1. The number of hydrogen-bond donors (Lipinski definition) is 1. The maximum absolute atomic E-state index is 13.9. The van der Waals surface area contributed by atoms with Gasteiger partial charge < -0.3 is 5.11 Å². The zero-order valence-electron chi connectivity index (χ0n) is 11.6. The van der Waals surface area contributed by atoms with E-state index in [4.69, 9.17) is 5.11 Å². The largest absolute Gasteiger partial charge is 0.481 e. The highest BCUT2D eigenvalue weighted by atomic mass is 19.1. The van der Waals surface area contributed by atoms with Crippen LogP contribution in [0.3, 0.4) is 0 Å². The summed E-state index contributed by atoms with van der Waals surface area (Å²) in [6, 6.07) is 6.37. The summed E-state index contributed by atoms with van der Waals surface area (Å²) >= 11 is 0. The second-order valence-corrected chi connectivity index (χ2v) is 4.51. The molecule has 0 saturated carbocycles. The van der Waals surface area contributed by atoms with Crippen molar-refractivity contribution < 1.29 is 14.3 Å². The van der Waals surface area contributed by atoms with Gasteiger partial charge in [0.25, 0.3) is 0 Å². The average molecular weight is 276 g/mol. The van der Waals surface area contributed by atoms with Crippen LogP contribution in [0.25, 0.3) is 5.69 Å². The predicted molar refractivity (Wildman–Crippen MR) is 73.6 cm³/mol. The summed E-state index contributed by atoms with van der Waals surface area (Å²) in [7, 11) is 0. The van der Waals surface area contributed by atoms with Crippen LogP contribution in [0.1, 0.15) is 30.8 Å². The number of carbonyl (C=O) groups is 1. The molecular formula is C15H17FN2O2. The number of aryl methyl sites for hydroxylation is 1. The van der Waals surface area contributed by atoms with Crippen molar-refractivity contribution in [3.8, 4) is 5.69 Å². The Morgan fingerprint density at radius 1 is 1.30 bits per heavy atom. The Morgan fingerprint density at radius 3 is 2.55 bits per heavy atom. The van der Waals surface area contributed by atoms with E-state index in [0.717, 1.165) is 5.69 Å². The molecule has 0 spiro atoms. The van der Waals surface area contributed by atoms with Crippen molar-refractivity contribution in [3.05, 3.63) is 47.0 Å². The smallest absolute Gasteiger partial charge is 0.307 e. The molecule has 2 rings (SSSR count). The SMILES string of the molecule is CCc1nn(-c2ccccc2F)c(CC)c1CC(=O)O. The summed E-state index contributed by atoms with van der Waals surface area (Å²) in [5, 5.41) is 13.4. The third-order valence-electron chi connectivity index (χ3n) is 3.25. The molecule has 4 nitrogen and oxygen atoms in total. The minimum Gasteiger partial charge on any atom is -0.481 e. The van der Waals surface area contributed by atoms with E-state index in [1.165, 1.54) is 10.7 Å². The molecule has 1 heterocycles. The van der Waals surface area contributed by atoms with Gasteiger partial charge in [0.15, 0.2) is 0 Å². The second-order valence-electron chi connectivity index (χ2n) is 4.51. The van der Waals surface area contributed by atoms with Gasteiger partial charge in [0.2, 0.25) is 0 Å². The summed E-state index contributed by atoms with van der Waals surface area (Å²) in [6.07, 6.45) is 1.14. The first-order valence-electron chi connectivity index (χ1n) is 6.64. The molecule has 0 atom stereocenters. The van der Waals surface area contributed by atoms with Gasteiger partial charge in [-0.3, -0.25) is 4.79 Å². The van der Waals surface area contributed by atoms with Crippen molar-refractivity contribution in [3.63, 3.8) is 0 Å². The summed E-state index contributed by atoms with van der Waals surface area (Å²) in [5.41, 5.74) is 2.53. The minimum atomic E-state index is -0.900. The first-order chi connectivity index (χ1) is 9.58. The number of aromatic nitrogens is 2. The third kappa shape index (κ3) is 2.57. The molecule has 1 aromatic heterocycles. The Bertz CT molecular complexity index is 635. The Balaban J connectivity index is 2.62. The first kappa shape index (κ1) is 14.2. The number of para-hydroxylation sites is 1. The second kappa shape index (κ2) is 5.86. The first-order valence-corrected chi connectivity index (χ1v) is 6.64. The molecule has 0 bridgehead atoms. The Kier molecular flexibility index (Phi) is 4.17. The van der Waals surface area contributed by atoms with E-state index >= 15 is 0 Å². The molecule has 2 aromatic rings. The molecule has 0 amide bonds. The number of aliphatic carboxylic acids is 1. The van der Waals surface area contributed by atoms with Gasteiger partial charge in [-0.15, -0.1) is 0 Å². The molecule has 1 N–H and O–H groups in total. The fourth-order valence-corrected chi connectivity index (χ4v) is 2.36. The fraction of sp³-hybridized carbons (Fsp3) is 0.333. The van der Waals surface area contributed by atoms with Gasteiger partial charge in [0.05, 0.1) is 12.1 Å². The molecular weight excluding hydrogens is 259 g/mol. The van der Waals surface area contributed by atoms with Crippen molar-refractivity contribution in [2.45, 2.75) is 33.1 Å². The zero-order chi connectivity index (χ0) is 14.7. The molecule has 20 heavy (non-hydrogen) atoms. The Morgan fingerprint density at radius 2 is 2.00 bits per heavy atom. The molecule has 1 aromatic carbocycles. The zero-order valence-corrected chi connectivity index (χ0v) is 11.6. The molecule has 0 radical (unpaired) electrons. The topological polar surface area (TPSA) is 55.1 Å². The molecule has 5 heteroatoms. The van der Waals surface area contributed by atoms with Crippen molar-refractivity contribution in [2.24, 2.45) is 0 Å². The number of benzene rings is 1. The number of nitrogens with zero attached hydrogens (tertiary/aromatic N) is 2. The van der Waals surface area contributed by atoms with Gasteiger partial charge >= 0.3 is 5.97 Å². The fourth-order valence-electron chi connectivity index (χ4n) is 2.36. The van der Waals surface area contributed by atoms with Crippen LogP contribution in [0.5, 0.6) is 0 Å². The number of carboxylic acid groups (broad SMARTS) is 1. The van der Waals surface area contributed by atoms with Crippen LogP contribution < -0.4 is 0 Å². The molecule has 0 unspecified atom stereocenters. The highest BCUT2D eigenvalue weighted by molar-refractivity contribution is 5.71. The van der Waals surface area contributed by atoms with Crippen LogP contribution in [-0.2, 0) is 24.1 Å². The van der Waals surface area contributed by atoms with Gasteiger partial charge in [-0.05, 0) is 25.0 Å². The molecule has 0 aliphatic rings. The van der Waals surface area contributed by atoms with E-state index < -0.39 is 5.97 Å². The van der Waals surface area contributed by atoms with Crippen molar-refractivity contribution in [1.82, 2.24) is 9.78 Å². The highest BCUT2D eigenvalue weighted by Crippen LogP contribution is 2.22. The number of carboxylic acids is 1. The molecule has 0 fully saturated rings. The Hall–Kier alpha value is -2.17. The predicted octanol–water partition coefficient (Wildman–Crippen LogP) is 2.76. The number of hydrogen-bond acceptors (Lipinski definition) is 2. The summed E-state index contributed by atoms with van der Waals surface area (Å²) in [4.78, 5) is 11.0. The van der Waals surface area contributed by atoms with Gasteiger partial charge in [-0.1, -0.05) is 26.0 Å². The summed E-state index contributed by atoms with van der Waals surface area (Å²) < 4.78 is 15.5.